The molecule has 0 amide bonds. The SMILES string of the molecule is C=CC(=O)[C@H](C)[C@H]1OC(C)(C)O[C@H]1CO[Si](C)(C)C(C)(C)C.C=C[C@](C)(O)[C@H](C)[C@H]1OC(C)(C)O[C@H]1CO[Si](C)(C)C(C)(C)C. The van der Waals surface area contributed by atoms with Gasteiger partial charge in [0.25, 0.3) is 0 Å². The molecule has 0 saturated carbocycles. The standard InChI is InChI=1S/C18H36O4Si.C17H32O4Si/c1-11-18(8,19)13(2)15-14(21-17(6,7)22-15)12-20-23(9,10)16(3,4)5;1-10-13(18)12(2)15-14(20-17(6,7)21-15)11-19-22(8,9)16(3,4)5/h11,13-15,19H,1,12H2,2-10H3;10,12,14-15H,1,11H2,2-9H3/t13-,14+,15-,18+;12-,14-,15+/m10/s1. The number of carbonyl (C=O) groups excluding carboxylic acids is 1. The zero-order valence-corrected chi connectivity index (χ0v) is 33.8. The quantitative estimate of drug-likeness (QED) is 0.127. The van der Waals surface area contributed by atoms with Gasteiger partial charge in [-0.15, -0.1) is 6.58 Å². The van der Waals surface area contributed by atoms with Crippen molar-refractivity contribution in [3.63, 3.8) is 0 Å². The molecule has 2 heterocycles. The summed E-state index contributed by atoms with van der Waals surface area (Å²) in [4.78, 5) is 11.9. The van der Waals surface area contributed by atoms with Crippen LogP contribution in [0.4, 0.5) is 0 Å². The van der Waals surface area contributed by atoms with Gasteiger partial charge < -0.3 is 32.9 Å². The van der Waals surface area contributed by atoms with Crippen molar-refractivity contribution in [3.8, 4) is 0 Å². The smallest absolute Gasteiger partial charge is 0.192 e. The van der Waals surface area contributed by atoms with Gasteiger partial charge in [-0.2, -0.15) is 0 Å². The number of aliphatic hydroxyl groups is 1. The van der Waals surface area contributed by atoms with Gasteiger partial charge >= 0.3 is 0 Å². The van der Waals surface area contributed by atoms with E-state index in [1.165, 1.54) is 6.08 Å². The van der Waals surface area contributed by atoms with Crippen molar-refractivity contribution in [2.45, 2.75) is 168 Å². The highest BCUT2D eigenvalue weighted by atomic mass is 28.4. The van der Waals surface area contributed by atoms with Crippen molar-refractivity contribution in [1.82, 2.24) is 0 Å². The Morgan fingerprint density at radius 2 is 1.13 bits per heavy atom. The van der Waals surface area contributed by atoms with Gasteiger partial charge in [0, 0.05) is 11.8 Å². The minimum Gasteiger partial charge on any atom is -0.414 e. The lowest BCUT2D eigenvalue weighted by molar-refractivity contribution is -0.157. The number of hydrogen-bond donors (Lipinski definition) is 1. The number of allylic oxidation sites excluding steroid dienone is 1. The molecule has 0 spiro atoms. The van der Waals surface area contributed by atoms with Crippen LogP contribution in [0.25, 0.3) is 0 Å². The minimum absolute atomic E-state index is 0.0244. The maximum absolute atomic E-state index is 11.9. The molecule has 2 rings (SSSR count). The highest BCUT2D eigenvalue weighted by molar-refractivity contribution is 6.74. The number of ether oxygens (including phenoxy) is 4. The number of rotatable bonds is 12. The summed E-state index contributed by atoms with van der Waals surface area (Å²) in [6, 6.07) is 0. The molecule has 10 heteroatoms. The molecular formula is C35H68O8Si2. The van der Waals surface area contributed by atoms with Gasteiger partial charge in [0.05, 0.1) is 31.0 Å². The van der Waals surface area contributed by atoms with Crippen LogP contribution in [0.5, 0.6) is 0 Å². The van der Waals surface area contributed by atoms with Gasteiger partial charge in [-0.3, -0.25) is 4.79 Å². The lowest BCUT2D eigenvalue weighted by Gasteiger charge is -2.38. The summed E-state index contributed by atoms with van der Waals surface area (Å²) >= 11 is 0. The Kier molecular flexibility index (Phi) is 13.9. The third kappa shape index (κ3) is 11.5. The van der Waals surface area contributed by atoms with Gasteiger partial charge in [0.2, 0.25) is 0 Å². The molecule has 45 heavy (non-hydrogen) atoms. The van der Waals surface area contributed by atoms with Crippen LogP contribution in [0.1, 0.15) is 90.0 Å². The van der Waals surface area contributed by atoms with Crippen LogP contribution in [0.3, 0.4) is 0 Å². The second-order valence-electron chi connectivity index (χ2n) is 17.0. The minimum atomic E-state index is -1.86. The molecule has 0 radical (unpaired) electrons. The van der Waals surface area contributed by atoms with Crippen LogP contribution in [0, 0.1) is 11.8 Å². The van der Waals surface area contributed by atoms with E-state index in [2.05, 4.69) is 80.9 Å². The largest absolute Gasteiger partial charge is 0.414 e. The summed E-state index contributed by atoms with van der Waals surface area (Å²) in [6.45, 7) is 43.5. The Hall–Kier alpha value is -0.696. The fourth-order valence-electron chi connectivity index (χ4n) is 4.71. The normalized spacial score (nSPS) is 28.0. The molecular weight excluding hydrogens is 605 g/mol. The molecule has 8 nitrogen and oxygen atoms in total. The van der Waals surface area contributed by atoms with E-state index in [0.717, 1.165) is 0 Å². The van der Waals surface area contributed by atoms with E-state index in [1.54, 1.807) is 13.0 Å². The Bertz CT molecular complexity index is 1010. The van der Waals surface area contributed by atoms with Gasteiger partial charge in [-0.1, -0.05) is 68.0 Å². The molecule has 0 bridgehead atoms. The molecule has 2 fully saturated rings. The molecule has 0 aromatic heterocycles. The zero-order valence-electron chi connectivity index (χ0n) is 31.8. The van der Waals surface area contributed by atoms with E-state index >= 15 is 0 Å². The van der Waals surface area contributed by atoms with E-state index in [-0.39, 0.29) is 52.1 Å². The number of carbonyl (C=O) groups is 1. The lowest BCUT2D eigenvalue weighted by Crippen LogP contribution is -2.47. The first-order valence-electron chi connectivity index (χ1n) is 16.4. The van der Waals surface area contributed by atoms with Crippen LogP contribution in [-0.2, 0) is 32.6 Å². The van der Waals surface area contributed by atoms with Crippen LogP contribution in [-0.4, -0.2) is 82.3 Å². The monoisotopic (exact) mass is 672 g/mol. The Morgan fingerprint density at radius 1 is 0.778 bits per heavy atom. The van der Waals surface area contributed by atoms with Gasteiger partial charge in [0.15, 0.2) is 34.0 Å². The predicted molar refractivity (Wildman–Crippen MR) is 188 cm³/mol. The molecule has 264 valence electrons. The summed E-state index contributed by atoms with van der Waals surface area (Å²) in [7, 11) is -3.71. The fraction of sp³-hybridized carbons (Fsp3) is 0.857. The molecule has 7 atom stereocenters. The van der Waals surface area contributed by atoms with E-state index in [9.17, 15) is 9.90 Å². The number of ketones is 1. The fourth-order valence-corrected chi connectivity index (χ4v) is 6.74. The summed E-state index contributed by atoms with van der Waals surface area (Å²) in [5, 5.41) is 10.8. The molecule has 0 unspecified atom stereocenters. The van der Waals surface area contributed by atoms with Gasteiger partial charge in [0.1, 0.15) is 12.2 Å². The molecule has 0 aromatic carbocycles. The average molecular weight is 673 g/mol. The highest BCUT2D eigenvalue weighted by Crippen LogP contribution is 2.41. The molecule has 2 saturated heterocycles. The third-order valence-corrected chi connectivity index (χ3v) is 19.2. The Morgan fingerprint density at radius 3 is 1.47 bits per heavy atom. The van der Waals surface area contributed by atoms with Crippen LogP contribution >= 0.6 is 0 Å². The molecule has 2 aliphatic heterocycles. The first-order chi connectivity index (χ1) is 19.9. The van der Waals surface area contributed by atoms with E-state index < -0.39 is 33.8 Å². The molecule has 1 N–H and O–H groups in total. The number of hydrogen-bond acceptors (Lipinski definition) is 8. The summed E-state index contributed by atoms with van der Waals surface area (Å²) < 4.78 is 36.6. The summed E-state index contributed by atoms with van der Waals surface area (Å²) in [6.07, 6.45) is 1.96. The van der Waals surface area contributed by atoms with Crippen molar-refractivity contribution in [1.29, 1.82) is 0 Å². The molecule has 0 aliphatic carbocycles. The first kappa shape index (κ1) is 42.3. The first-order valence-corrected chi connectivity index (χ1v) is 22.3. The lowest BCUT2D eigenvalue weighted by atomic mass is 9.84. The molecule has 0 aromatic rings. The molecule has 2 aliphatic rings. The summed E-state index contributed by atoms with van der Waals surface area (Å²) in [5.41, 5.74) is -1.01. The Labute approximate surface area is 277 Å². The summed E-state index contributed by atoms with van der Waals surface area (Å²) in [5.74, 6) is -1.81. The van der Waals surface area contributed by atoms with Crippen molar-refractivity contribution < 1.29 is 37.7 Å². The van der Waals surface area contributed by atoms with Crippen molar-refractivity contribution >= 4 is 22.4 Å². The van der Waals surface area contributed by atoms with Crippen LogP contribution in [0.15, 0.2) is 25.3 Å². The van der Waals surface area contributed by atoms with Crippen molar-refractivity contribution in [2.75, 3.05) is 13.2 Å². The van der Waals surface area contributed by atoms with Gasteiger partial charge in [-0.25, -0.2) is 0 Å². The average Bonchev–Trinajstić information content (AvgIpc) is 3.37. The van der Waals surface area contributed by atoms with E-state index in [4.69, 9.17) is 27.8 Å². The third-order valence-electron chi connectivity index (χ3n) is 10.2. The van der Waals surface area contributed by atoms with E-state index in [0.29, 0.717) is 13.2 Å². The maximum atomic E-state index is 11.9. The van der Waals surface area contributed by atoms with Crippen molar-refractivity contribution in [2.24, 2.45) is 11.8 Å². The van der Waals surface area contributed by atoms with E-state index in [1.807, 2.05) is 41.5 Å². The Balaban J connectivity index is 0.000000450. The topological polar surface area (TPSA) is 92.7 Å². The highest BCUT2D eigenvalue weighted by Gasteiger charge is 2.50. The predicted octanol–water partition coefficient (Wildman–Crippen LogP) is 8.02. The van der Waals surface area contributed by atoms with Gasteiger partial charge in [-0.05, 0) is 77.0 Å². The van der Waals surface area contributed by atoms with Crippen LogP contribution in [0.2, 0.25) is 36.3 Å². The second-order valence-corrected chi connectivity index (χ2v) is 26.7. The second kappa shape index (κ2) is 14.8. The van der Waals surface area contributed by atoms with Crippen LogP contribution < -0.4 is 0 Å². The zero-order chi connectivity index (χ0) is 35.6. The maximum Gasteiger partial charge on any atom is 0.192 e. The van der Waals surface area contributed by atoms with Crippen molar-refractivity contribution in [3.05, 3.63) is 25.3 Å².